The number of thioether (sulfide) groups is 1. The van der Waals surface area contributed by atoms with Crippen molar-refractivity contribution in [2.45, 2.75) is 32.4 Å². The van der Waals surface area contributed by atoms with Crippen LogP contribution < -0.4 is 0 Å². The Bertz CT molecular complexity index is 683. The van der Waals surface area contributed by atoms with Crippen LogP contribution in [0.3, 0.4) is 0 Å². The van der Waals surface area contributed by atoms with Crippen LogP contribution in [0.4, 0.5) is 13.2 Å². The Labute approximate surface area is 149 Å². The number of ketones is 1. The number of benzene rings is 1. The zero-order valence-electron chi connectivity index (χ0n) is 14.1. The van der Waals surface area contributed by atoms with Crippen molar-refractivity contribution in [3.8, 4) is 0 Å². The van der Waals surface area contributed by atoms with Crippen LogP contribution in [0.1, 0.15) is 37.3 Å². The highest BCUT2D eigenvalue weighted by molar-refractivity contribution is 7.99. The van der Waals surface area contributed by atoms with Crippen molar-refractivity contribution in [1.82, 2.24) is 0 Å². The summed E-state index contributed by atoms with van der Waals surface area (Å²) in [5.74, 6) is 0.344. The zero-order valence-corrected chi connectivity index (χ0v) is 14.9. The van der Waals surface area contributed by atoms with Crippen LogP contribution in [-0.2, 0) is 15.7 Å². The summed E-state index contributed by atoms with van der Waals surface area (Å²) in [4.78, 5) is 17.2. The SMILES string of the molecule is CCOC=C1CC(=NCSCC)C(c2cccc(C(F)(F)F)c2)C1=O. The van der Waals surface area contributed by atoms with E-state index in [1.54, 1.807) is 24.8 Å². The van der Waals surface area contributed by atoms with Gasteiger partial charge in [0.2, 0.25) is 0 Å². The van der Waals surface area contributed by atoms with E-state index in [9.17, 15) is 18.0 Å². The lowest BCUT2D eigenvalue weighted by Crippen LogP contribution is -2.15. The topological polar surface area (TPSA) is 38.7 Å². The fraction of sp³-hybridized carbons (Fsp3) is 0.444. The zero-order chi connectivity index (χ0) is 18.4. The molecule has 1 atom stereocenters. The number of carbonyl (C=O) groups is 1. The summed E-state index contributed by atoms with van der Waals surface area (Å²) in [6, 6.07) is 4.91. The van der Waals surface area contributed by atoms with Crippen molar-refractivity contribution in [3.05, 3.63) is 47.2 Å². The number of alkyl halides is 3. The van der Waals surface area contributed by atoms with E-state index in [-0.39, 0.29) is 5.78 Å². The maximum atomic E-state index is 13.0. The minimum absolute atomic E-state index is 0.243. The molecule has 1 aliphatic carbocycles. The molecular weight excluding hydrogens is 351 g/mol. The van der Waals surface area contributed by atoms with Crippen LogP contribution in [0.2, 0.25) is 0 Å². The quantitative estimate of drug-likeness (QED) is 0.408. The second-order valence-electron chi connectivity index (χ2n) is 5.47. The van der Waals surface area contributed by atoms with E-state index in [1.807, 2.05) is 6.92 Å². The number of hydrogen-bond donors (Lipinski definition) is 0. The van der Waals surface area contributed by atoms with Crippen molar-refractivity contribution in [2.24, 2.45) is 4.99 Å². The predicted octanol–water partition coefficient (Wildman–Crippen LogP) is 4.83. The molecule has 1 aliphatic rings. The molecule has 136 valence electrons. The van der Waals surface area contributed by atoms with E-state index in [0.717, 1.165) is 17.9 Å². The van der Waals surface area contributed by atoms with Crippen molar-refractivity contribution in [3.63, 3.8) is 0 Å². The molecule has 25 heavy (non-hydrogen) atoms. The van der Waals surface area contributed by atoms with E-state index in [4.69, 9.17) is 4.74 Å². The molecule has 0 amide bonds. The van der Waals surface area contributed by atoms with E-state index in [0.29, 0.717) is 35.8 Å². The van der Waals surface area contributed by atoms with Gasteiger partial charge in [0.25, 0.3) is 0 Å². The Morgan fingerprint density at radius 3 is 2.76 bits per heavy atom. The minimum atomic E-state index is -4.45. The van der Waals surface area contributed by atoms with Gasteiger partial charge in [0.05, 0.1) is 30.2 Å². The highest BCUT2D eigenvalue weighted by Gasteiger charge is 2.38. The summed E-state index contributed by atoms with van der Waals surface area (Å²) < 4.78 is 44.2. The first kappa shape index (κ1) is 19.6. The van der Waals surface area contributed by atoms with Crippen LogP contribution in [-0.4, -0.2) is 29.7 Å². The lowest BCUT2D eigenvalue weighted by atomic mass is 9.93. The van der Waals surface area contributed by atoms with Gasteiger partial charge in [-0.15, -0.1) is 11.8 Å². The summed E-state index contributed by atoms with van der Waals surface area (Å²) in [6.07, 6.45) is -2.74. The van der Waals surface area contributed by atoms with Gasteiger partial charge in [0.1, 0.15) is 0 Å². The number of nitrogens with zero attached hydrogens (tertiary/aromatic N) is 1. The fourth-order valence-corrected chi connectivity index (χ4v) is 3.05. The van der Waals surface area contributed by atoms with Crippen LogP contribution >= 0.6 is 11.8 Å². The molecule has 1 unspecified atom stereocenters. The molecule has 1 aromatic carbocycles. The standard InChI is InChI=1S/C18H20F3NO2S/c1-3-24-10-13-9-15(22-11-25-4-2)16(17(13)23)12-6-5-7-14(8-12)18(19,20)21/h5-8,10,16H,3-4,9,11H2,1-2H3. The van der Waals surface area contributed by atoms with Crippen molar-refractivity contribution in [2.75, 3.05) is 18.2 Å². The molecule has 0 aliphatic heterocycles. The molecule has 1 aromatic rings. The van der Waals surface area contributed by atoms with Gasteiger partial charge in [-0.25, -0.2) is 0 Å². The van der Waals surface area contributed by atoms with Gasteiger partial charge >= 0.3 is 6.18 Å². The summed E-state index contributed by atoms with van der Waals surface area (Å²) in [5.41, 5.74) is 0.600. The van der Waals surface area contributed by atoms with E-state index in [1.165, 1.54) is 12.3 Å². The molecule has 0 radical (unpaired) electrons. The Morgan fingerprint density at radius 1 is 1.36 bits per heavy atom. The van der Waals surface area contributed by atoms with E-state index in [2.05, 4.69) is 4.99 Å². The van der Waals surface area contributed by atoms with Gasteiger partial charge in [0.15, 0.2) is 5.78 Å². The molecule has 1 saturated carbocycles. The molecule has 1 fully saturated rings. The average molecular weight is 371 g/mol. The summed E-state index contributed by atoms with van der Waals surface area (Å²) in [6.45, 7) is 4.21. The predicted molar refractivity (Wildman–Crippen MR) is 94.0 cm³/mol. The second kappa shape index (κ2) is 8.56. The third kappa shape index (κ3) is 4.87. The lowest BCUT2D eigenvalue weighted by molar-refractivity contribution is -0.137. The maximum Gasteiger partial charge on any atom is 0.416 e. The van der Waals surface area contributed by atoms with Crippen LogP contribution in [0.15, 0.2) is 41.1 Å². The van der Waals surface area contributed by atoms with Crippen LogP contribution in [0.25, 0.3) is 0 Å². The smallest absolute Gasteiger partial charge is 0.416 e. The first-order chi connectivity index (χ1) is 11.9. The third-order valence-corrected chi connectivity index (χ3v) is 4.51. The largest absolute Gasteiger partial charge is 0.501 e. The lowest BCUT2D eigenvalue weighted by Gasteiger charge is -2.13. The molecule has 3 nitrogen and oxygen atoms in total. The van der Waals surface area contributed by atoms with Gasteiger partial charge < -0.3 is 4.74 Å². The molecule has 0 aromatic heterocycles. The normalized spacial score (nSPS) is 21.3. The Hall–Kier alpha value is -1.76. The number of ether oxygens (including phenoxy) is 1. The van der Waals surface area contributed by atoms with Gasteiger partial charge in [-0.05, 0) is 24.3 Å². The van der Waals surface area contributed by atoms with Crippen molar-refractivity contribution < 1.29 is 22.7 Å². The monoisotopic (exact) mass is 371 g/mol. The minimum Gasteiger partial charge on any atom is -0.501 e. The number of halogens is 3. The number of aliphatic imine (C=N–C) groups is 1. The molecule has 0 N–H and O–H groups in total. The van der Waals surface area contributed by atoms with Gasteiger partial charge in [-0.3, -0.25) is 9.79 Å². The van der Waals surface area contributed by atoms with Gasteiger partial charge in [-0.1, -0.05) is 25.1 Å². The highest BCUT2D eigenvalue weighted by Crippen LogP contribution is 2.36. The first-order valence-corrected chi connectivity index (χ1v) is 9.16. The highest BCUT2D eigenvalue weighted by atomic mass is 32.2. The van der Waals surface area contributed by atoms with E-state index < -0.39 is 17.7 Å². The first-order valence-electron chi connectivity index (χ1n) is 8.01. The molecule has 0 saturated heterocycles. The molecule has 7 heteroatoms. The number of allylic oxidation sites excluding steroid dienone is 1. The number of hydrogen-bond acceptors (Lipinski definition) is 4. The molecule has 0 bridgehead atoms. The molecular formula is C18H20F3NO2S. The Kier molecular flexibility index (Phi) is 6.70. The Balaban J connectivity index is 2.40. The number of carbonyl (C=O) groups excluding carboxylic acids is 1. The second-order valence-corrected chi connectivity index (χ2v) is 6.71. The number of Topliss-reactive ketones (excluding diaryl/α,β-unsaturated/α-hetero) is 1. The van der Waals surface area contributed by atoms with Gasteiger partial charge in [-0.2, -0.15) is 13.2 Å². The van der Waals surface area contributed by atoms with Crippen molar-refractivity contribution >= 4 is 23.3 Å². The maximum absolute atomic E-state index is 13.0. The summed E-state index contributed by atoms with van der Waals surface area (Å²) in [5, 5.41) is 0. The fourth-order valence-electron chi connectivity index (χ4n) is 2.61. The summed E-state index contributed by atoms with van der Waals surface area (Å²) >= 11 is 1.59. The number of rotatable bonds is 6. The molecule has 2 rings (SSSR count). The van der Waals surface area contributed by atoms with E-state index >= 15 is 0 Å². The third-order valence-electron chi connectivity index (χ3n) is 3.79. The van der Waals surface area contributed by atoms with Gasteiger partial charge in [0, 0.05) is 17.7 Å². The van der Waals surface area contributed by atoms with Crippen molar-refractivity contribution in [1.29, 1.82) is 0 Å². The molecule has 0 spiro atoms. The Morgan fingerprint density at radius 2 is 2.12 bits per heavy atom. The average Bonchev–Trinajstić information content (AvgIpc) is 2.88. The van der Waals surface area contributed by atoms with Crippen LogP contribution in [0.5, 0.6) is 0 Å². The molecule has 0 heterocycles. The van der Waals surface area contributed by atoms with Crippen LogP contribution in [0, 0.1) is 0 Å². The summed E-state index contributed by atoms with van der Waals surface area (Å²) in [7, 11) is 0.